The Hall–Kier alpha value is -2.69. The number of unbranched alkanes of at least 4 members (excludes halogenated alkanes) is 2. The summed E-state index contributed by atoms with van der Waals surface area (Å²) in [5, 5.41) is 10.6. The smallest absolute Gasteiger partial charge is 0.312 e. The highest BCUT2D eigenvalue weighted by Crippen LogP contribution is 2.61. The van der Waals surface area contributed by atoms with Gasteiger partial charge in [0.25, 0.3) is 5.91 Å². The fraction of sp³-hybridized carbons (Fsp3) is 0.629. The molecule has 2 bridgehead atoms. The van der Waals surface area contributed by atoms with Gasteiger partial charge in [0.2, 0.25) is 5.91 Å². The maximum absolute atomic E-state index is 14.9. The first-order valence-electron chi connectivity index (χ1n) is 16.4. The molecule has 8 atom stereocenters. The number of aliphatic hydroxyl groups excluding tert-OH is 1. The third kappa shape index (κ3) is 6.47. The zero-order valence-electron chi connectivity index (χ0n) is 27.2. The van der Waals surface area contributed by atoms with E-state index in [9.17, 15) is 19.5 Å². The lowest BCUT2D eigenvalue weighted by atomic mass is 9.70. The third-order valence-corrected chi connectivity index (χ3v) is 10.8. The first-order valence-corrected chi connectivity index (χ1v) is 17.4. The summed E-state index contributed by atoms with van der Waals surface area (Å²) >= 11 is 3.73. The number of allylic oxidation sites excluding steroid dienone is 1. The summed E-state index contributed by atoms with van der Waals surface area (Å²) in [6.07, 6.45) is 6.33. The van der Waals surface area contributed by atoms with Gasteiger partial charge in [-0.05, 0) is 69.7 Å². The number of aliphatic hydroxyl groups is 1. The van der Waals surface area contributed by atoms with Crippen LogP contribution in [0.3, 0.4) is 0 Å². The van der Waals surface area contributed by atoms with E-state index in [-0.39, 0.29) is 42.3 Å². The Morgan fingerprint density at radius 2 is 1.82 bits per heavy atom. The summed E-state index contributed by atoms with van der Waals surface area (Å²) in [7, 11) is 0. The number of alkyl halides is 1. The van der Waals surface area contributed by atoms with E-state index < -0.39 is 41.6 Å². The fourth-order valence-electron chi connectivity index (χ4n) is 7.48. The molecule has 0 saturated carbocycles. The monoisotopic (exact) mass is 687 g/mol. The van der Waals surface area contributed by atoms with E-state index in [1.54, 1.807) is 15.9 Å². The average Bonchev–Trinajstić information content (AvgIpc) is 3.64. The second-order valence-electron chi connectivity index (χ2n) is 12.4. The lowest BCUT2D eigenvalue weighted by molar-refractivity contribution is -0.156. The molecule has 3 heterocycles. The van der Waals surface area contributed by atoms with Gasteiger partial charge in [-0.2, -0.15) is 0 Å². The first-order chi connectivity index (χ1) is 21.6. The topological polar surface area (TPSA) is 99.6 Å². The van der Waals surface area contributed by atoms with E-state index in [1.165, 1.54) is 0 Å². The van der Waals surface area contributed by atoms with Gasteiger partial charge in [0.1, 0.15) is 11.6 Å². The second kappa shape index (κ2) is 15.3. The van der Waals surface area contributed by atoms with Gasteiger partial charge in [0, 0.05) is 35.8 Å². The lowest BCUT2D eigenvalue weighted by Gasteiger charge is -2.41. The van der Waals surface area contributed by atoms with Gasteiger partial charge < -0.3 is 29.3 Å². The number of carbonyl (C=O) groups is 3. The predicted molar refractivity (Wildman–Crippen MR) is 180 cm³/mol. The molecular formula is C35H50BrN3O6. The number of nitrogens with zero attached hydrogens (tertiary/aromatic N) is 3. The molecule has 1 aromatic carbocycles. The number of carbonyl (C=O) groups excluding carboxylic acids is 3. The van der Waals surface area contributed by atoms with E-state index in [1.807, 2.05) is 44.2 Å². The van der Waals surface area contributed by atoms with Crippen molar-refractivity contribution in [1.82, 2.24) is 4.90 Å². The highest BCUT2D eigenvalue weighted by molar-refractivity contribution is 9.09. The van der Waals surface area contributed by atoms with Crippen LogP contribution in [-0.4, -0.2) is 89.3 Å². The van der Waals surface area contributed by atoms with Crippen LogP contribution in [0.4, 0.5) is 11.4 Å². The molecule has 9 nitrogen and oxygen atoms in total. The molecule has 1 aromatic rings. The van der Waals surface area contributed by atoms with Crippen molar-refractivity contribution in [3.05, 3.63) is 49.6 Å². The van der Waals surface area contributed by atoms with Crippen molar-refractivity contribution in [3.63, 3.8) is 0 Å². The Morgan fingerprint density at radius 3 is 2.40 bits per heavy atom. The minimum Gasteiger partial charge on any atom is -0.465 e. The molecular weight excluding hydrogens is 638 g/mol. The number of benzene rings is 1. The highest BCUT2D eigenvalue weighted by Gasteiger charge is 2.77. The summed E-state index contributed by atoms with van der Waals surface area (Å²) < 4.78 is 12.4. The Morgan fingerprint density at radius 1 is 1.16 bits per heavy atom. The molecule has 4 rings (SSSR count). The average molecular weight is 689 g/mol. The van der Waals surface area contributed by atoms with Gasteiger partial charge in [0.05, 0.1) is 37.2 Å². The van der Waals surface area contributed by atoms with Crippen molar-refractivity contribution in [1.29, 1.82) is 0 Å². The van der Waals surface area contributed by atoms with E-state index in [0.717, 1.165) is 31.6 Å². The molecule has 0 aromatic heterocycles. The predicted octanol–water partition coefficient (Wildman–Crippen LogP) is 5.11. The number of rotatable bonds is 17. The van der Waals surface area contributed by atoms with Crippen LogP contribution in [-0.2, 0) is 23.9 Å². The molecule has 1 N–H and O–H groups in total. The summed E-state index contributed by atoms with van der Waals surface area (Å²) in [5.41, 5.74) is 0.473. The molecule has 3 fully saturated rings. The molecule has 45 heavy (non-hydrogen) atoms. The van der Waals surface area contributed by atoms with Crippen molar-refractivity contribution < 1.29 is 29.0 Å². The maximum atomic E-state index is 14.9. The van der Waals surface area contributed by atoms with Gasteiger partial charge >= 0.3 is 5.97 Å². The van der Waals surface area contributed by atoms with Crippen molar-refractivity contribution >= 4 is 45.1 Å². The van der Waals surface area contributed by atoms with Crippen molar-refractivity contribution in [2.45, 2.75) is 88.4 Å². The largest absolute Gasteiger partial charge is 0.465 e. The number of anilines is 2. The summed E-state index contributed by atoms with van der Waals surface area (Å²) in [6, 6.07) is 6.14. The number of esters is 1. The van der Waals surface area contributed by atoms with Crippen LogP contribution in [0.15, 0.2) is 49.6 Å². The van der Waals surface area contributed by atoms with Gasteiger partial charge in [-0.3, -0.25) is 14.4 Å². The number of hydrogen-bond donors (Lipinski definition) is 1. The van der Waals surface area contributed by atoms with Crippen LogP contribution in [0.5, 0.6) is 0 Å². The van der Waals surface area contributed by atoms with Gasteiger partial charge in [0.15, 0.2) is 0 Å². The summed E-state index contributed by atoms with van der Waals surface area (Å²) in [4.78, 5) is 48.3. The fourth-order valence-corrected chi connectivity index (χ4v) is 8.42. The SMILES string of the molecule is C=CCCCCOC(=O)[C@H]1[C@@H]2OC3(CC2Br)C(C(=O)N(CC=C)c2ccc(N(CC)CC)cc2)N([C@@H](CO)[C@@H](C)CC)C(=O)[C@H]13. The van der Waals surface area contributed by atoms with Gasteiger partial charge in [-0.25, -0.2) is 0 Å². The minimum absolute atomic E-state index is 0.0992. The molecule has 1 spiro atoms. The number of fused-ring (bicyclic) bond motifs is 1. The van der Waals surface area contributed by atoms with E-state index in [4.69, 9.17) is 9.47 Å². The quantitative estimate of drug-likeness (QED) is 0.105. The number of ether oxygens (including phenoxy) is 2. The number of amides is 2. The highest BCUT2D eigenvalue weighted by atomic mass is 79.9. The van der Waals surface area contributed by atoms with Crippen LogP contribution in [0.1, 0.15) is 59.8 Å². The molecule has 248 valence electrons. The Bertz CT molecular complexity index is 1220. The Labute approximate surface area is 276 Å². The van der Waals surface area contributed by atoms with Crippen LogP contribution >= 0.6 is 15.9 Å². The van der Waals surface area contributed by atoms with Crippen LogP contribution in [0.2, 0.25) is 0 Å². The van der Waals surface area contributed by atoms with Gasteiger partial charge in [-0.1, -0.05) is 48.4 Å². The Balaban J connectivity index is 1.75. The zero-order valence-corrected chi connectivity index (χ0v) is 28.8. The minimum atomic E-state index is -1.25. The van der Waals surface area contributed by atoms with E-state index in [2.05, 4.69) is 47.8 Å². The van der Waals surface area contributed by atoms with E-state index >= 15 is 0 Å². The molecule has 3 aliphatic rings. The molecule has 0 aliphatic carbocycles. The third-order valence-electron chi connectivity index (χ3n) is 9.99. The summed E-state index contributed by atoms with van der Waals surface area (Å²) in [6.45, 7) is 17.7. The van der Waals surface area contributed by atoms with Crippen LogP contribution < -0.4 is 9.80 Å². The molecule has 2 amide bonds. The molecule has 0 radical (unpaired) electrons. The molecule has 3 unspecified atom stereocenters. The first kappa shape index (κ1) is 35.2. The molecule has 3 saturated heterocycles. The normalized spacial score (nSPS) is 28.0. The van der Waals surface area contributed by atoms with Crippen molar-refractivity contribution in [2.24, 2.45) is 17.8 Å². The van der Waals surface area contributed by atoms with Crippen molar-refractivity contribution in [2.75, 3.05) is 42.6 Å². The molecule has 10 heteroatoms. The van der Waals surface area contributed by atoms with E-state index in [0.29, 0.717) is 24.9 Å². The van der Waals surface area contributed by atoms with Crippen LogP contribution in [0, 0.1) is 17.8 Å². The van der Waals surface area contributed by atoms with Crippen LogP contribution in [0.25, 0.3) is 0 Å². The standard InChI is InChI=1S/C35H50BrN3O6/c1-7-12-13-14-20-44-34(43)28-29-32(41)39(27(22-40)23(6)9-3)31(35(29)21-26(36)30(28)45-35)33(42)38(19-8-2)25-17-15-24(16-18-25)37(10-4)11-5/h7-8,15-18,23,26-31,40H,1-2,9-14,19-22H2,3-6H3/t23-,26?,27-,28+,29-,30+,31?,35?/m0/s1. The zero-order chi connectivity index (χ0) is 32.9. The second-order valence-corrected chi connectivity index (χ2v) is 13.6. The van der Waals surface area contributed by atoms with Gasteiger partial charge in [-0.15, -0.1) is 13.2 Å². The van der Waals surface area contributed by atoms with Crippen molar-refractivity contribution in [3.8, 4) is 0 Å². The Kier molecular flexibility index (Phi) is 11.9. The number of halogens is 1. The lowest BCUT2D eigenvalue weighted by Crippen LogP contribution is -2.60. The summed E-state index contributed by atoms with van der Waals surface area (Å²) in [5.74, 6) is -2.97. The number of hydrogen-bond acceptors (Lipinski definition) is 7. The maximum Gasteiger partial charge on any atom is 0.312 e. The number of likely N-dealkylation sites (tertiary alicyclic amines) is 1. The molecule has 3 aliphatic heterocycles.